The topological polar surface area (TPSA) is 199 Å². The molecule has 216 valence electrons. The Morgan fingerprint density at radius 1 is 0.279 bits per heavy atom. The number of aromatic nitrogens is 6. The zero-order valence-electron chi connectivity index (χ0n) is 22.1. The molecule has 6 rings (SSSR count). The van der Waals surface area contributed by atoms with E-state index in [0.717, 1.165) is 0 Å². The van der Waals surface area contributed by atoms with Crippen molar-refractivity contribution in [1.29, 1.82) is 0 Å². The molecule has 6 aromatic rings. The summed E-state index contributed by atoms with van der Waals surface area (Å²) < 4.78 is 0. The van der Waals surface area contributed by atoms with Crippen molar-refractivity contribution >= 4 is 0 Å². The van der Waals surface area contributed by atoms with Crippen LogP contribution < -0.4 is 0 Å². The Kier molecular flexibility index (Phi) is 11.3. The zero-order chi connectivity index (χ0) is 29.9. The fraction of sp³-hybridized carbons (Fsp3) is 0. The summed E-state index contributed by atoms with van der Waals surface area (Å²) in [6.07, 6.45) is 8.90. The monoisotopic (exact) mass is 623 g/mol. The van der Waals surface area contributed by atoms with Crippen LogP contribution >= 0.6 is 0 Å². The van der Waals surface area contributed by atoms with Gasteiger partial charge in [-0.1, -0.05) is 0 Å². The van der Waals surface area contributed by atoms with Crippen LogP contribution in [-0.4, -0.2) is 60.5 Å². The summed E-state index contributed by atoms with van der Waals surface area (Å²) in [5, 5.41) is 55.3. The van der Waals surface area contributed by atoms with Crippen LogP contribution in [0.2, 0.25) is 0 Å². The minimum atomic E-state index is 0. The number of hydrogen-bond acceptors (Lipinski definition) is 12. The maximum absolute atomic E-state index is 9.21. The van der Waals surface area contributed by atoms with Gasteiger partial charge in [-0.15, -0.1) is 0 Å². The summed E-state index contributed by atoms with van der Waals surface area (Å²) in [6, 6.07) is 17.8. The molecule has 0 saturated heterocycles. The quantitative estimate of drug-likeness (QED) is 0.160. The third-order valence-electron chi connectivity index (χ3n) is 5.25. The van der Waals surface area contributed by atoms with Gasteiger partial charge in [0.25, 0.3) is 0 Å². The Bertz CT molecular complexity index is 1460. The van der Waals surface area contributed by atoms with E-state index in [1.54, 1.807) is 0 Å². The van der Waals surface area contributed by atoms with Gasteiger partial charge in [-0.2, -0.15) is 0 Å². The largest absolute Gasteiger partial charge is 3.00 e. The van der Waals surface area contributed by atoms with Crippen LogP contribution in [0, 0.1) is 0 Å². The predicted octanol–water partition coefficient (Wildman–Crippen LogP) is 4.66. The van der Waals surface area contributed by atoms with E-state index >= 15 is 0 Å². The average molecular weight is 623 g/mol. The van der Waals surface area contributed by atoms with Crippen LogP contribution in [0.15, 0.2) is 110 Å². The minimum Gasteiger partial charge on any atom is -0.508 e. The molecule has 43 heavy (non-hydrogen) atoms. The van der Waals surface area contributed by atoms with Crippen LogP contribution in [0.25, 0.3) is 34.2 Å². The zero-order valence-corrected chi connectivity index (χ0v) is 23.1. The average Bonchev–Trinajstić information content (AvgIpc) is 2.98. The minimum absolute atomic E-state index is 0. The molecule has 0 saturated carbocycles. The van der Waals surface area contributed by atoms with Crippen molar-refractivity contribution < 1.29 is 47.4 Å². The summed E-state index contributed by atoms with van der Waals surface area (Å²) in [7, 11) is 0. The van der Waals surface area contributed by atoms with Gasteiger partial charge in [-0.25, -0.2) is 0 Å². The van der Waals surface area contributed by atoms with Crippen molar-refractivity contribution in [2.24, 2.45) is 0 Å². The molecular weight excluding hydrogens is 599 g/mol. The van der Waals surface area contributed by atoms with Crippen molar-refractivity contribution in [3.8, 4) is 68.7 Å². The molecule has 0 atom stereocenters. The van der Waals surface area contributed by atoms with Gasteiger partial charge >= 0.3 is 16.8 Å². The molecule has 0 fully saturated rings. The first kappa shape index (κ1) is 31.7. The van der Waals surface area contributed by atoms with Gasteiger partial charge in [0, 0.05) is 73.6 Å². The van der Waals surface area contributed by atoms with E-state index < -0.39 is 0 Å². The molecule has 0 unspecified atom stereocenters. The van der Waals surface area contributed by atoms with Crippen molar-refractivity contribution in [3.05, 3.63) is 110 Å². The molecule has 0 bridgehead atoms. The summed E-state index contributed by atoms with van der Waals surface area (Å²) in [5.74, 6) is 0.751. The molecular formula is C30H24CoN6O6+3. The van der Waals surface area contributed by atoms with Crippen molar-refractivity contribution in [1.82, 2.24) is 29.9 Å². The van der Waals surface area contributed by atoms with E-state index in [-0.39, 0.29) is 51.3 Å². The van der Waals surface area contributed by atoms with E-state index in [1.165, 1.54) is 110 Å². The Morgan fingerprint density at radius 2 is 0.419 bits per heavy atom. The first-order valence-corrected chi connectivity index (χ1v) is 12.2. The third-order valence-corrected chi connectivity index (χ3v) is 5.25. The number of hydrogen-bond donors (Lipinski definition) is 6. The molecule has 0 aliphatic heterocycles. The molecule has 12 nitrogen and oxygen atoms in total. The summed E-state index contributed by atoms with van der Waals surface area (Å²) in [6.45, 7) is 0. The maximum Gasteiger partial charge on any atom is 3.00 e. The van der Waals surface area contributed by atoms with Crippen molar-refractivity contribution in [2.45, 2.75) is 0 Å². The molecule has 0 aromatic carbocycles. The van der Waals surface area contributed by atoms with Gasteiger partial charge in [-0.3, -0.25) is 29.9 Å². The molecule has 0 amide bonds. The second-order valence-electron chi connectivity index (χ2n) is 8.40. The van der Waals surface area contributed by atoms with Crippen LogP contribution in [0.5, 0.6) is 34.5 Å². The van der Waals surface area contributed by atoms with E-state index in [4.69, 9.17) is 0 Å². The number of aromatic hydroxyl groups is 6. The predicted molar refractivity (Wildman–Crippen MR) is 152 cm³/mol. The Hall–Kier alpha value is -5.79. The number of nitrogens with zero attached hydrogens (tertiary/aromatic N) is 6. The Morgan fingerprint density at radius 3 is 0.535 bits per heavy atom. The second-order valence-corrected chi connectivity index (χ2v) is 8.40. The van der Waals surface area contributed by atoms with Gasteiger partial charge in [0.05, 0.1) is 34.2 Å². The Labute approximate surface area is 255 Å². The SMILES string of the molecule is Oc1ccnc(-c2cc(O)ccn2)c1.Oc1ccnc(-c2cc(O)ccn2)c1.Oc1ccnc(-c2cc(O)ccn2)c1.[Co+3]. The second kappa shape index (κ2) is 15.3. The van der Waals surface area contributed by atoms with Crippen molar-refractivity contribution in [2.75, 3.05) is 0 Å². The summed E-state index contributed by atoms with van der Waals surface area (Å²) in [5.41, 5.74) is 3.17. The summed E-state index contributed by atoms with van der Waals surface area (Å²) in [4.78, 5) is 24.1. The molecule has 0 aliphatic carbocycles. The first-order valence-electron chi connectivity index (χ1n) is 12.2. The van der Waals surface area contributed by atoms with Gasteiger partial charge in [-0.05, 0) is 36.4 Å². The normalized spacial score (nSPS) is 9.77. The number of pyridine rings is 6. The Balaban J connectivity index is 0.000000175. The van der Waals surface area contributed by atoms with E-state index in [2.05, 4.69) is 29.9 Å². The molecule has 0 aliphatic rings. The fourth-order valence-electron chi connectivity index (χ4n) is 3.36. The van der Waals surface area contributed by atoms with Crippen LogP contribution in [0.4, 0.5) is 0 Å². The molecule has 0 radical (unpaired) electrons. The van der Waals surface area contributed by atoms with Crippen LogP contribution in [0.1, 0.15) is 0 Å². The standard InChI is InChI=1S/3C10H8N2O2.Co/c3*13-7-1-3-11-9(5-7)10-6-8(14)2-4-12-10;/h3*1-6H,(H,11,13)(H,12,14);/q;;;+3. The van der Waals surface area contributed by atoms with E-state index in [9.17, 15) is 30.6 Å². The molecule has 6 aromatic heterocycles. The maximum atomic E-state index is 9.21. The number of rotatable bonds is 3. The fourth-order valence-corrected chi connectivity index (χ4v) is 3.36. The first-order chi connectivity index (χ1) is 20.3. The van der Waals surface area contributed by atoms with Gasteiger partial charge < -0.3 is 30.6 Å². The smallest absolute Gasteiger partial charge is 0.508 e. The summed E-state index contributed by atoms with van der Waals surface area (Å²) >= 11 is 0. The van der Waals surface area contributed by atoms with E-state index in [1.807, 2.05) is 0 Å². The van der Waals surface area contributed by atoms with Gasteiger partial charge in [0.2, 0.25) is 0 Å². The van der Waals surface area contributed by atoms with E-state index in [0.29, 0.717) is 34.2 Å². The van der Waals surface area contributed by atoms with Gasteiger partial charge in [0.1, 0.15) is 34.5 Å². The third kappa shape index (κ3) is 9.67. The van der Waals surface area contributed by atoms with Gasteiger partial charge in [0.15, 0.2) is 0 Å². The molecule has 6 heterocycles. The molecule has 13 heteroatoms. The molecule has 0 spiro atoms. The van der Waals surface area contributed by atoms with Crippen LogP contribution in [0.3, 0.4) is 0 Å². The molecule has 6 N–H and O–H groups in total. The van der Waals surface area contributed by atoms with Crippen molar-refractivity contribution in [3.63, 3.8) is 0 Å². The van der Waals surface area contributed by atoms with Crippen LogP contribution in [-0.2, 0) is 16.8 Å².